The van der Waals surface area contributed by atoms with Crippen LogP contribution in [0.3, 0.4) is 0 Å². The molecule has 27 heavy (non-hydrogen) atoms. The molecule has 1 N–H and O–H groups in total. The van der Waals surface area contributed by atoms with Gasteiger partial charge in [0.05, 0.1) is 18.1 Å². The summed E-state index contributed by atoms with van der Waals surface area (Å²) in [5.41, 5.74) is 1.19. The number of carbonyl (C=O) groups is 1. The van der Waals surface area contributed by atoms with E-state index < -0.39 is 0 Å². The first-order chi connectivity index (χ1) is 13.2. The van der Waals surface area contributed by atoms with Crippen molar-refractivity contribution in [1.82, 2.24) is 15.1 Å². The topological polar surface area (TPSA) is 67.3 Å². The van der Waals surface area contributed by atoms with E-state index in [0.29, 0.717) is 29.6 Å². The minimum atomic E-state index is 0.175. The Morgan fingerprint density at radius 3 is 3.04 bits per heavy atom. The van der Waals surface area contributed by atoms with E-state index in [4.69, 9.17) is 16.3 Å². The number of thiophene rings is 1. The Bertz CT molecular complexity index is 832. The Labute approximate surface area is 166 Å². The first-order valence-electron chi connectivity index (χ1n) is 9.42. The molecular weight excluding hydrogens is 384 g/mol. The fraction of sp³-hybridized carbons (Fsp3) is 0.526. The van der Waals surface area contributed by atoms with E-state index in [1.807, 2.05) is 17.0 Å². The second kappa shape index (κ2) is 7.04. The number of rotatable bonds is 3. The minimum absolute atomic E-state index is 0.175. The number of amides is 1. The number of aromatic nitrogens is 2. The molecule has 6 nitrogen and oxygen atoms in total. The van der Waals surface area contributed by atoms with Crippen LogP contribution in [0.15, 0.2) is 18.2 Å². The lowest BCUT2D eigenvalue weighted by molar-refractivity contribution is 0.0784. The quantitative estimate of drug-likeness (QED) is 0.850. The lowest BCUT2D eigenvalue weighted by Gasteiger charge is -2.21. The molecule has 1 saturated heterocycles. The predicted molar refractivity (Wildman–Crippen MR) is 104 cm³/mol. The average Bonchev–Trinajstić information content (AvgIpc) is 3.38. The molecule has 2 fully saturated rings. The summed E-state index contributed by atoms with van der Waals surface area (Å²) >= 11 is 7.46. The van der Waals surface area contributed by atoms with E-state index in [9.17, 15) is 4.79 Å². The Morgan fingerprint density at radius 2 is 2.22 bits per heavy atom. The molecule has 1 aliphatic carbocycles. The van der Waals surface area contributed by atoms with Crippen molar-refractivity contribution >= 4 is 34.7 Å². The van der Waals surface area contributed by atoms with Crippen LogP contribution in [0, 0.1) is 11.8 Å². The van der Waals surface area contributed by atoms with Crippen molar-refractivity contribution in [2.75, 3.05) is 25.0 Å². The summed E-state index contributed by atoms with van der Waals surface area (Å²) < 4.78 is 5.51. The number of anilines is 1. The summed E-state index contributed by atoms with van der Waals surface area (Å²) in [6.45, 7) is 3.06. The van der Waals surface area contributed by atoms with Gasteiger partial charge in [-0.05, 0) is 42.5 Å². The Morgan fingerprint density at radius 1 is 1.30 bits per heavy atom. The molecule has 0 spiro atoms. The monoisotopic (exact) mass is 404 g/mol. The highest BCUT2D eigenvalue weighted by Gasteiger charge is 2.44. The highest BCUT2D eigenvalue weighted by Crippen LogP contribution is 2.40. The highest BCUT2D eigenvalue weighted by molar-refractivity contribution is 7.14. The molecule has 0 bridgehead atoms. The van der Waals surface area contributed by atoms with E-state index in [0.717, 1.165) is 49.7 Å². The third kappa shape index (κ3) is 3.32. The van der Waals surface area contributed by atoms with Gasteiger partial charge in [0, 0.05) is 36.3 Å². The van der Waals surface area contributed by atoms with E-state index in [1.165, 1.54) is 10.4 Å². The fourth-order valence-electron chi connectivity index (χ4n) is 4.60. The number of hydrogen-bond donors (Lipinski definition) is 1. The molecule has 5 rings (SSSR count). The SMILES string of the molecule is O=C(c1cc2c(s1)CCOC2)N1C[C@@H]2CC[C@@H](Nc3ccc(Cl)nn3)[C@@H]2C1. The molecule has 8 heteroatoms. The summed E-state index contributed by atoms with van der Waals surface area (Å²) in [5.74, 6) is 1.95. The highest BCUT2D eigenvalue weighted by atomic mass is 35.5. The maximum Gasteiger partial charge on any atom is 0.263 e. The molecule has 3 atom stereocenters. The normalized spacial score (nSPS) is 26.7. The molecule has 2 aromatic heterocycles. The van der Waals surface area contributed by atoms with E-state index in [-0.39, 0.29) is 5.91 Å². The molecule has 0 unspecified atom stereocenters. The van der Waals surface area contributed by atoms with Crippen LogP contribution in [0.2, 0.25) is 5.15 Å². The molecule has 3 aliphatic rings. The van der Waals surface area contributed by atoms with Crippen LogP contribution in [-0.4, -0.2) is 46.7 Å². The van der Waals surface area contributed by atoms with E-state index in [1.54, 1.807) is 17.4 Å². The predicted octanol–water partition coefficient (Wildman–Crippen LogP) is 3.23. The van der Waals surface area contributed by atoms with E-state index in [2.05, 4.69) is 15.5 Å². The van der Waals surface area contributed by atoms with E-state index >= 15 is 0 Å². The Balaban J connectivity index is 1.27. The average molecular weight is 405 g/mol. The third-order valence-electron chi connectivity index (χ3n) is 5.95. The van der Waals surface area contributed by atoms with Crippen LogP contribution in [0.4, 0.5) is 5.82 Å². The van der Waals surface area contributed by atoms with Crippen LogP contribution < -0.4 is 5.32 Å². The zero-order valence-electron chi connectivity index (χ0n) is 14.9. The molecular formula is C19H21ClN4O2S. The third-order valence-corrected chi connectivity index (χ3v) is 7.37. The minimum Gasteiger partial charge on any atom is -0.376 e. The number of carbonyl (C=O) groups excluding carboxylic acids is 1. The van der Waals surface area contributed by atoms with Gasteiger partial charge in [-0.3, -0.25) is 4.79 Å². The van der Waals surface area contributed by atoms with Gasteiger partial charge in [0.1, 0.15) is 5.82 Å². The number of nitrogens with one attached hydrogen (secondary N) is 1. The molecule has 1 amide bonds. The number of nitrogens with zero attached hydrogens (tertiary/aromatic N) is 3. The van der Waals surface area contributed by atoms with Crippen LogP contribution in [0.5, 0.6) is 0 Å². The van der Waals surface area contributed by atoms with Gasteiger partial charge in [-0.2, -0.15) is 0 Å². The molecule has 1 saturated carbocycles. The Kier molecular flexibility index (Phi) is 4.53. The molecule has 4 heterocycles. The number of hydrogen-bond acceptors (Lipinski definition) is 6. The number of likely N-dealkylation sites (tertiary alicyclic amines) is 1. The molecule has 0 radical (unpaired) electrons. The lowest BCUT2D eigenvalue weighted by atomic mass is 9.98. The van der Waals surface area contributed by atoms with Crippen molar-refractivity contribution in [2.24, 2.45) is 11.8 Å². The van der Waals surface area contributed by atoms with Crippen molar-refractivity contribution in [3.63, 3.8) is 0 Å². The largest absolute Gasteiger partial charge is 0.376 e. The van der Waals surface area contributed by atoms with Gasteiger partial charge in [0.2, 0.25) is 0 Å². The van der Waals surface area contributed by atoms with Crippen LogP contribution in [0.1, 0.15) is 33.0 Å². The first kappa shape index (κ1) is 17.4. The summed E-state index contributed by atoms with van der Waals surface area (Å²) in [5, 5.41) is 11.9. The summed E-state index contributed by atoms with van der Waals surface area (Å²) in [7, 11) is 0. The number of halogens is 1. The van der Waals surface area contributed by atoms with Crippen LogP contribution in [-0.2, 0) is 17.8 Å². The van der Waals surface area contributed by atoms with Crippen molar-refractivity contribution < 1.29 is 9.53 Å². The van der Waals surface area contributed by atoms with Crippen molar-refractivity contribution in [2.45, 2.75) is 31.9 Å². The zero-order valence-corrected chi connectivity index (χ0v) is 16.4. The fourth-order valence-corrected chi connectivity index (χ4v) is 5.82. The number of fused-ring (bicyclic) bond motifs is 2. The van der Waals surface area contributed by atoms with Gasteiger partial charge >= 0.3 is 0 Å². The smallest absolute Gasteiger partial charge is 0.263 e. The molecule has 2 aliphatic heterocycles. The molecule has 0 aromatic carbocycles. The first-order valence-corrected chi connectivity index (χ1v) is 10.6. The maximum atomic E-state index is 13.0. The van der Waals surface area contributed by atoms with Gasteiger partial charge in [-0.25, -0.2) is 0 Å². The van der Waals surface area contributed by atoms with Crippen molar-refractivity contribution in [3.05, 3.63) is 38.7 Å². The van der Waals surface area contributed by atoms with Crippen LogP contribution >= 0.6 is 22.9 Å². The number of ether oxygens (including phenoxy) is 1. The van der Waals surface area contributed by atoms with Crippen molar-refractivity contribution in [3.8, 4) is 0 Å². The second-order valence-electron chi connectivity index (χ2n) is 7.57. The summed E-state index contributed by atoms with van der Waals surface area (Å²) in [6.07, 6.45) is 3.17. The Hall–Kier alpha value is -1.70. The lowest BCUT2D eigenvalue weighted by Crippen LogP contribution is -2.33. The zero-order chi connectivity index (χ0) is 18.4. The maximum absolute atomic E-state index is 13.0. The van der Waals surface area contributed by atoms with Crippen LogP contribution in [0.25, 0.3) is 0 Å². The standard InChI is InChI=1S/C19H21ClN4O2S/c20-17-3-4-18(23-22-17)21-14-2-1-11-8-24(9-13(11)14)19(25)16-7-12-10-26-6-5-15(12)27-16/h3-4,7,11,13-14H,1-2,5-6,8-10H2,(H,21,23)/t11-,13+,14+/m0/s1. The summed E-state index contributed by atoms with van der Waals surface area (Å²) in [6, 6.07) is 5.97. The van der Waals surface area contributed by atoms with Gasteiger partial charge in [-0.1, -0.05) is 11.6 Å². The second-order valence-corrected chi connectivity index (χ2v) is 9.09. The molecule has 142 valence electrons. The molecule has 2 aromatic rings. The summed E-state index contributed by atoms with van der Waals surface area (Å²) in [4.78, 5) is 17.2. The van der Waals surface area contributed by atoms with Gasteiger partial charge in [0.25, 0.3) is 5.91 Å². The van der Waals surface area contributed by atoms with Gasteiger partial charge in [0.15, 0.2) is 5.15 Å². The van der Waals surface area contributed by atoms with Gasteiger partial charge < -0.3 is 15.0 Å². The van der Waals surface area contributed by atoms with Gasteiger partial charge in [-0.15, -0.1) is 21.5 Å². The van der Waals surface area contributed by atoms with Crippen molar-refractivity contribution in [1.29, 1.82) is 0 Å².